The Hall–Kier alpha value is -0.940. The first-order valence-corrected chi connectivity index (χ1v) is 6.01. The van der Waals surface area contributed by atoms with E-state index in [2.05, 4.69) is 15.5 Å². The van der Waals surface area contributed by atoms with Gasteiger partial charge in [0.05, 0.1) is 13.0 Å². The molecule has 0 atom stereocenters. The van der Waals surface area contributed by atoms with Crippen molar-refractivity contribution >= 4 is 0 Å². The molecule has 0 aromatic carbocycles. The first kappa shape index (κ1) is 11.5. The summed E-state index contributed by atoms with van der Waals surface area (Å²) in [6.45, 7) is 5.47. The summed E-state index contributed by atoms with van der Waals surface area (Å²) in [6.07, 6.45) is 2.92. The molecule has 0 radical (unpaired) electrons. The van der Waals surface area contributed by atoms with Crippen molar-refractivity contribution in [3.8, 4) is 0 Å². The van der Waals surface area contributed by atoms with E-state index in [1.807, 2.05) is 6.92 Å². The van der Waals surface area contributed by atoms with Gasteiger partial charge >= 0.3 is 0 Å². The van der Waals surface area contributed by atoms with E-state index in [1.54, 1.807) is 0 Å². The monoisotopic (exact) mass is 225 g/mol. The van der Waals surface area contributed by atoms with Gasteiger partial charge in [-0.1, -0.05) is 5.16 Å². The summed E-state index contributed by atoms with van der Waals surface area (Å²) in [5.74, 6) is 2.03. The molecule has 2 heterocycles. The zero-order valence-electron chi connectivity index (χ0n) is 9.74. The number of aromatic nitrogens is 2. The molecular weight excluding hydrogens is 206 g/mol. The molecule has 0 amide bonds. The summed E-state index contributed by atoms with van der Waals surface area (Å²) in [6, 6.07) is 0. The van der Waals surface area contributed by atoms with Crippen molar-refractivity contribution in [2.24, 2.45) is 0 Å². The quantitative estimate of drug-likeness (QED) is 0.761. The van der Waals surface area contributed by atoms with Gasteiger partial charge in [-0.25, -0.2) is 0 Å². The van der Waals surface area contributed by atoms with Gasteiger partial charge in [0.1, 0.15) is 0 Å². The highest BCUT2D eigenvalue weighted by molar-refractivity contribution is 4.97. The van der Waals surface area contributed by atoms with Crippen molar-refractivity contribution in [1.82, 2.24) is 15.5 Å². The highest BCUT2D eigenvalue weighted by Gasteiger charge is 2.20. The van der Waals surface area contributed by atoms with Gasteiger partial charge in [-0.15, -0.1) is 0 Å². The molecule has 1 aliphatic heterocycles. The van der Waals surface area contributed by atoms with Crippen LogP contribution in [0, 0.1) is 0 Å². The summed E-state index contributed by atoms with van der Waals surface area (Å²) >= 11 is 0. The Kier molecular flexibility index (Phi) is 4.30. The van der Waals surface area contributed by atoms with E-state index >= 15 is 0 Å². The lowest BCUT2D eigenvalue weighted by Gasteiger charge is -2.18. The molecule has 5 heteroatoms. The molecule has 0 aliphatic carbocycles. The van der Waals surface area contributed by atoms with Crippen LogP contribution in [0.2, 0.25) is 0 Å². The first-order valence-electron chi connectivity index (χ1n) is 6.01. The highest BCUT2D eigenvalue weighted by atomic mass is 16.5. The fourth-order valence-corrected chi connectivity index (χ4v) is 1.92. The van der Waals surface area contributed by atoms with Crippen LogP contribution in [0.3, 0.4) is 0 Å². The van der Waals surface area contributed by atoms with Gasteiger partial charge in [0.2, 0.25) is 5.89 Å². The SMILES string of the molecule is CCOCCc1nc(C2CCNCC2)no1. The lowest BCUT2D eigenvalue weighted by atomic mass is 9.98. The lowest BCUT2D eigenvalue weighted by Crippen LogP contribution is -2.27. The molecule has 1 aromatic heterocycles. The van der Waals surface area contributed by atoms with Crippen LogP contribution in [0.1, 0.15) is 37.4 Å². The van der Waals surface area contributed by atoms with Crippen LogP contribution in [0.4, 0.5) is 0 Å². The molecule has 90 valence electrons. The predicted octanol–water partition coefficient (Wildman–Crippen LogP) is 1.12. The standard InChI is InChI=1S/C11H19N3O2/c1-2-15-8-5-10-13-11(14-16-10)9-3-6-12-7-4-9/h9,12H,2-8H2,1H3. The molecule has 5 nitrogen and oxygen atoms in total. The maximum absolute atomic E-state index is 5.25. The van der Waals surface area contributed by atoms with Crippen LogP contribution in [-0.4, -0.2) is 36.4 Å². The number of piperidine rings is 1. The Bertz CT molecular complexity index is 308. The average molecular weight is 225 g/mol. The molecule has 0 spiro atoms. The number of hydrogen-bond donors (Lipinski definition) is 1. The number of nitrogens with one attached hydrogen (secondary N) is 1. The summed E-state index contributed by atoms with van der Waals surface area (Å²) in [5.41, 5.74) is 0. The van der Waals surface area contributed by atoms with E-state index in [4.69, 9.17) is 9.26 Å². The molecule has 0 saturated carbocycles. The number of nitrogens with zero attached hydrogens (tertiary/aromatic N) is 2. The smallest absolute Gasteiger partial charge is 0.228 e. The van der Waals surface area contributed by atoms with Crippen molar-refractivity contribution in [3.63, 3.8) is 0 Å². The van der Waals surface area contributed by atoms with Gasteiger partial charge in [0.25, 0.3) is 0 Å². The summed E-state index contributed by atoms with van der Waals surface area (Å²) in [5, 5.41) is 7.38. The number of ether oxygens (including phenoxy) is 1. The van der Waals surface area contributed by atoms with E-state index in [1.165, 1.54) is 0 Å². The second kappa shape index (κ2) is 5.96. The Morgan fingerprint density at radius 3 is 3.00 bits per heavy atom. The van der Waals surface area contributed by atoms with Crippen molar-refractivity contribution in [3.05, 3.63) is 11.7 Å². The van der Waals surface area contributed by atoms with E-state index in [-0.39, 0.29) is 0 Å². The molecule has 1 saturated heterocycles. The fraction of sp³-hybridized carbons (Fsp3) is 0.818. The van der Waals surface area contributed by atoms with Gasteiger partial charge in [-0.2, -0.15) is 4.98 Å². The summed E-state index contributed by atoms with van der Waals surface area (Å²) < 4.78 is 10.5. The predicted molar refractivity (Wildman–Crippen MR) is 59.3 cm³/mol. The van der Waals surface area contributed by atoms with Crippen molar-refractivity contribution in [2.75, 3.05) is 26.3 Å². The summed E-state index contributed by atoms with van der Waals surface area (Å²) in [4.78, 5) is 4.42. The second-order valence-electron chi connectivity index (χ2n) is 4.02. The Morgan fingerprint density at radius 2 is 2.25 bits per heavy atom. The molecule has 2 rings (SSSR count). The molecule has 0 bridgehead atoms. The number of hydrogen-bond acceptors (Lipinski definition) is 5. The van der Waals surface area contributed by atoms with Gasteiger partial charge in [0, 0.05) is 12.5 Å². The molecule has 1 fully saturated rings. The Balaban J connectivity index is 1.85. The van der Waals surface area contributed by atoms with E-state index in [9.17, 15) is 0 Å². The maximum atomic E-state index is 5.25. The third-order valence-corrected chi connectivity index (χ3v) is 2.85. The zero-order chi connectivity index (χ0) is 11.2. The minimum absolute atomic E-state index is 0.464. The van der Waals surface area contributed by atoms with Gasteiger partial charge in [0.15, 0.2) is 5.82 Å². The molecule has 1 aliphatic rings. The zero-order valence-corrected chi connectivity index (χ0v) is 9.74. The van der Waals surface area contributed by atoms with Crippen LogP contribution >= 0.6 is 0 Å². The second-order valence-corrected chi connectivity index (χ2v) is 4.02. The normalized spacial score (nSPS) is 17.8. The third-order valence-electron chi connectivity index (χ3n) is 2.85. The fourth-order valence-electron chi connectivity index (χ4n) is 1.92. The van der Waals surface area contributed by atoms with E-state index < -0.39 is 0 Å². The van der Waals surface area contributed by atoms with Crippen LogP contribution in [-0.2, 0) is 11.2 Å². The molecule has 1 aromatic rings. The minimum Gasteiger partial charge on any atom is -0.381 e. The van der Waals surface area contributed by atoms with E-state index in [0.29, 0.717) is 24.8 Å². The topological polar surface area (TPSA) is 60.2 Å². The lowest BCUT2D eigenvalue weighted by molar-refractivity contribution is 0.144. The van der Waals surface area contributed by atoms with E-state index in [0.717, 1.165) is 38.4 Å². The molecule has 0 unspecified atom stereocenters. The minimum atomic E-state index is 0.464. The molecular formula is C11H19N3O2. The molecule has 16 heavy (non-hydrogen) atoms. The van der Waals surface area contributed by atoms with Crippen LogP contribution in [0.5, 0.6) is 0 Å². The van der Waals surface area contributed by atoms with Crippen LogP contribution in [0.15, 0.2) is 4.52 Å². The average Bonchev–Trinajstić information content (AvgIpc) is 2.79. The first-order chi connectivity index (χ1) is 7.90. The maximum Gasteiger partial charge on any atom is 0.228 e. The van der Waals surface area contributed by atoms with Crippen molar-refractivity contribution in [1.29, 1.82) is 0 Å². The van der Waals surface area contributed by atoms with Crippen molar-refractivity contribution < 1.29 is 9.26 Å². The number of rotatable bonds is 5. The van der Waals surface area contributed by atoms with Gasteiger partial charge in [-0.05, 0) is 32.9 Å². The largest absolute Gasteiger partial charge is 0.381 e. The Morgan fingerprint density at radius 1 is 1.44 bits per heavy atom. The summed E-state index contributed by atoms with van der Waals surface area (Å²) in [7, 11) is 0. The highest BCUT2D eigenvalue weighted by Crippen LogP contribution is 2.22. The molecule has 1 N–H and O–H groups in total. The van der Waals surface area contributed by atoms with Gasteiger partial charge in [-0.3, -0.25) is 0 Å². The van der Waals surface area contributed by atoms with Crippen LogP contribution < -0.4 is 5.32 Å². The third kappa shape index (κ3) is 3.02. The van der Waals surface area contributed by atoms with Crippen LogP contribution in [0.25, 0.3) is 0 Å². The van der Waals surface area contributed by atoms with Gasteiger partial charge < -0.3 is 14.6 Å². The Labute approximate surface area is 95.6 Å². The van der Waals surface area contributed by atoms with Crippen molar-refractivity contribution in [2.45, 2.75) is 32.1 Å².